The van der Waals surface area contributed by atoms with Gasteiger partial charge in [-0.3, -0.25) is 9.59 Å². The first-order chi connectivity index (χ1) is 15.0. The number of rotatable bonds is 8. The van der Waals surface area contributed by atoms with Crippen LogP contribution in [0.15, 0.2) is 53.9 Å². The Hall–Kier alpha value is -3.50. The van der Waals surface area contributed by atoms with Crippen LogP contribution in [0.4, 0.5) is 10.8 Å². The van der Waals surface area contributed by atoms with Gasteiger partial charge in [0.05, 0.1) is 18.2 Å². The Morgan fingerprint density at radius 2 is 1.87 bits per heavy atom. The minimum absolute atomic E-state index is 0.0489. The first kappa shape index (κ1) is 22.2. The van der Waals surface area contributed by atoms with E-state index < -0.39 is 0 Å². The fourth-order valence-electron chi connectivity index (χ4n) is 3.07. The predicted molar refractivity (Wildman–Crippen MR) is 124 cm³/mol. The third kappa shape index (κ3) is 6.00. The van der Waals surface area contributed by atoms with E-state index in [0.29, 0.717) is 11.7 Å². The van der Waals surface area contributed by atoms with Crippen molar-refractivity contribution >= 4 is 34.0 Å². The van der Waals surface area contributed by atoms with Gasteiger partial charge in [-0.1, -0.05) is 30.3 Å². The fourth-order valence-corrected chi connectivity index (χ4v) is 3.81. The molecule has 0 saturated carbocycles. The Kier molecular flexibility index (Phi) is 7.52. The number of para-hydroxylation sites is 1. The van der Waals surface area contributed by atoms with Gasteiger partial charge < -0.3 is 10.2 Å². The zero-order valence-corrected chi connectivity index (χ0v) is 18.4. The number of aromatic nitrogens is 1. The van der Waals surface area contributed by atoms with Gasteiger partial charge in [-0.2, -0.15) is 5.26 Å². The summed E-state index contributed by atoms with van der Waals surface area (Å²) in [6.07, 6.45) is 0.335. The molecule has 0 saturated heterocycles. The molecule has 0 fully saturated rings. The molecule has 0 aliphatic heterocycles. The Bertz CT molecular complexity index is 1100. The first-order valence-electron chi connectivity index (χ1n) is 10.0. The SMILES string of the molecule is Cc1ccc(-c2csc(NC(=O)CCC(=O)N(CCC#N)c3ccccc3)n2)cc1C. The van der Waals surface area contributed by atoms with E-state index in [1.54, 1.807) is 4.90 Å². The minimum atomic E-state index is -0.261. The first-order valence-corrected chi connectivity index (χ1v) is 10.9. The molecule has 1 aromatic heterocycles. The molecular weight excluding hydrogens is 408 g/mol. The quantitative estimate of drug-likeness (QED) is 0.537. The molecule has 0 radical (unpaired) electrons. The highest BCUT2D eigenvalue weighted by Gasteiger charge is 2.17. The zero-order chi connectivity index (χ0) is 22.2. The van der Waals surface area contributed by atoms with E-state index in [0.717, 1.165) is 16.9 Å². The Labute approximate surface area is 186 Å². The molecule has 3 rings (SSSR count). The third-order valence-corrected chi connectivity index (χ3v) is 5.69. The number of amides is 2. The number of hydrogen-bond donors (Lipinski definition) is 1. The maximum atomic E-state index is 12.7. The van der Waals surface area contributed by atoms with E-state index in [1.165, 1.54) is 22.5 Å². The van der Waals surface area contributed by atoms with Gasteiger partial charge in [-0.15, -0.1) is 11.3 Å². The van der Waals surface area contributed by atoms with Gasteiger partial charge in [0, 0.05) is 36.0 Å². The summed E-state index contributed by atoms with van der Waals surface area (Å²) in [6, 6.07) is 17.4. The molecule has 6 nitrogen and oxygen atoms in total. The molecule has 2 aromatic carbocycles. The molecule has 0 unspecified atom stereocenters. The summed E-state index contributed by atoms with van der Waals surface area (Å²) in [7, 11) is 0. The highest BCUT2D eigenvalue weighted by atomic mass is 32.1. The molecule has 0 spiro atoms. The van der Waals surface area contributed by atoms with Crippen molar-refractivity contribution in [1.29, 1.82) is 5.26 Å². The van der Waals surface area contributed by atoms with Gasteiger partial charge in [-0.05, 0) is 43.2 Å². The average molecular weight is 433 g/mol. The Morgan fingerprint density at radius 1 is 1.10 bits per heavy atom. The number of carbonyl (C=O) groups is 2. The average Bonchev–Trinajstić information content (AvgIpc) is 3.23. The molecule has 0 aliphatic carbocycles. The number of hydrogen-bond acceptors (Lipinski definition) is 5. The Morgan fingerprint density at radius 3 is 2.58 bits per heavy atom. The van der Waals surface area contributed by atoms with Crippen LogP contribution in [-0.4, -0.2) is 23.3 Å². The number of nitrogens with one attached hydrogen (secondary N) is 1. The molecule has 0 aliphatic rings. The predicted octanol–water partition coefficient (Wildman–Crippen LogP) is 5.09. The van der Waals surface area contributed by atoms with Crippen molar-refractivity contribution in [3.05, 3.63) is 65.0 Å². The highest BCUT2D eigenvalue weighted by Crippen LogP contribution is 2.26. The van der Waals surface area contributed by atoms with Crippen molar-refractivity contribution in [3.8, 4) is 17.3 Å². The van der Waals surface area contributed by atoms with Crippen LogP contribution in [0.25, 0.3) is 11.3 Å². The van der Waals surface area contributed by atoms with Gasteiger partial charge in [0.2, 0.25) is 11.8 Å². The second-order valence-electron chi connectivity index (χ2n) is 7.17. The second-order valence-corrected chi connectivity index (χ2v) is 8.03. The lowest BCUT2D eigenvalue weighted by Gasteiger charge is -2.21. The van der Waals surface area contributed by atoms with Crippen LogP contribution in [-0.2, 0) is 9.59 Å². The third-order valence-electron chi connectivity index (χ3n) is 4.94. The van der Waals surface area contributed by atoms with Crippen molar-refractivity contribution in [2.45, 2.75) is 33.1 Å². The minimum Gasteiger partial charge on any atom is -0.311 e. The molecule has 1 N–H and O–H groups in total. The van der Waals surface area contributed by atoms with Crippen LogP contribution in [0, 0.1) is 25.2 Å². The summed E-state index contributed by atoms with van der Waals surface area (Å²) in [5, 5.41) is 14.1. The molecule has 2 amide bonds. The van der Waals surface area contributed by atoms with Crippen LogP contribution in [0.5, 0.6) is 0 Å². The molecule has 0 atom stereocenters. The monoisotopic (exact) mass is 432 g/mol. The van der Waals surface area contributed by atoms with E-state index in [4.69, 9.17) is 5.26 Å². The number of nitriles is 1. The van der Waals surface area contributed by atoms with Crippen molar-refractivity contribution in [3.63, 3.8) is 0 Å². The van der Waals surface area contributed by atoms with Crippen LogP contribution in [0.1, 0.15) is 30.4 Å². The van der Waals surface area contributed by atoms with Crippen LogP contribution in [0.2, 0.25) is 0 Å². The van der Waals surface area contributed by atoms with Gasteiger partial charge in [0.15, 0.2) is 5.13 Å². The van der Waals surface area contributed by atoms with Crippen molar-refractivity contribution in [2.24, 2.45) is 0 Å². The summed E-state index contributed by atoms with van der Waals surface area (Å²) >= 11 is 1.36. The fraction of sp³-hybridized carbons (Fsp3) is 0.250. The van der Waals surface area contributed by atoms with E-state index in [1.807, 2.05) is 41.8 Å². The summed E-state index contributed by atoms with van der Waals surface area (Å²) in [6.45, 7) is 4.42. The van der Waals surface area contributed by atoms with E-state index in [9.17, 15) is 9.59 Å². The van der Waals surface area contributed by atoms with Gasteiger partial charge >= 0.3 is 0 Å². The number of carbonyl (C=O) groups excluding carboxylic acids is 2. The lowest BCUT2D eigenvalue weighted by atomic mass is 10.1. The van der Waals surface area contributed by atoms with Gasteiger partial charge in [0.1, 0.15) is 0 Å². The molecule has 1 heterocycles. The number of benzene rings is 2. The van der Waals surface area contributed by atoms with Crippen molar-refractivity contribution < 1.29 is 9.59 Å². The molecule has 31 heavy (non-hydrogen) atoms. The standard InChI is InChI=1S/C24H24N4O2S/c1-17-9-10-19(15-18(17)2)21-16-31-24(26-21)27-22(29)11-12-23(30)28(14-6-13-25)20-7-4-3-5-8-20/h3-5,7-10,15-16H,6,11-12,14H2,1-2H3,(H,26,27,29). The molecular formula is C24H24N4O2S. The number of anilines is 2. The molecule has 0 bridgehead atoms. The second kappa shape index (κ2) is 10.5. The summed E-state index contributed by atoms with van der Waals surface area (Å²) in [4.78, 5) is 31.1. The zero-order valence-electron chi connectivity index (χ0n) is 17.6. The van der Waals surface area contributed by atoms with E-state index in [-0.39, 0.29) is 31.1 Å². The Balaban J connectivity index is 1.58. The van der Waals surface area contributed by atoms with Crippen molar-refractivity contribution in [2.75, 3.05) is 16.8 Å². The van der Waals surface area contributed by atoms with Crippen LogP contribution in [0.3, 0.4) is 0 Å². The van der Waals surface area contributed by atoms with Crippen LogP contribution >= 0.6 is 11.3 Å². The smallest absolute Gasteiger partial charge is 0.227 e. The largest absolute Gasteiger partial charge is 0.311 e. The van der Waals surface area contributed by atoms with E-state index >= 15 is 0 Å². The normalized spacial score (nSPS) is 10.4. The topological polar surface area (TPSA) is 86.1 Å². The van der Waals surface area contributed by atoms with E-state index in [2.05, 4.69) is 42.4 Å². The lowest BCUT2D eigenvalue weighted by molar-refractivity contribution is -0.122. The van der Waals surface area contributed by atoms with Crippen LogP contribution < -0.4 is 10.2 Å². The maximum Gasteiger partial charge on any atom is 0.227 e. The number of aryl methyl sites for hydroxylation is 2. The highest BCUT2D eigenvalue weighted by molar-refractivity contribution is 7.14. The lowest BCUT2D eigenvalue weighted by Crippen LogP contribution is -2.32. The van der Waals surface area contributed by atoms with Gasteiger partial charge in [0.25, 0.3) is 0 Å². The number of thiazole rings is 1. The van der Waals surface area contributed by atoms with Gasteiger partial charge in [-0.25, -0.2) is 4.98 Å². The van der Waals surface area contributed by atoms with Crippen molar-refractivity contribution in [1.82, 2.24) is 4.98 Å². The summed E-state index contributed by atoms with van der Waals surface area (Å²) in [5.74, 6) is -0.450. The summed E-state index contributed by atoms with van der Waals surface area (Å²) < 4.78 is 0. The maximum absolute atomic E-state index is 12.7. The molecule has 7 heteroatoms. The molecule has 158 valence electrons. The molecule has 3 aromatic rings. The summed E-state index contributed by atoms with van der Waals surface area (Å²) in [5.41, 5.74) is 4.95. The number of nitrogens with zero attached hydrogens (tertiary/aromatic N) is 3.